The summed E-state index contributed by atoms with van der Waals surface area (Å²) in [4.78, 5) is 20.6. The molecule has 2 heterocycles. The maximum atomic E-state index is 14.2. The summed E-state index contributed by atoms with van der Waals surface area (Å²) in [6.07, 6.45) is 1.37. The summed E-state index contributed by atoms with van der Waals surface area (Å²) in [7, 11) is 1.28. The lowest BCUT2D eigenvalue weighted by atomic mass is 10.1. The number of esters is 1. The molecule has 5 nitrogen and oxygen atoms in total. The van der Waals surface area contributed by atoms with Crippen molar-refractivity contribution in [3.05, 3.63) is 58.1 Å². The summed E-state index contributed by atoms with van der Waals surface area (Å²) in [5.41, 5.74) is 2.10. The number of halogens is 2. The van der Waals surface area contributed by atoms with Gasteiger partial charge in [0.1, 0.15) is 11.4 Å². The second-order valence-corrected chi connectivity index (χ2v) is 6.03. The van der Waals surface area contributed by atoms with Crippen LogP contribution >= 0.6 is 15.9 Å². The molecule has 7 heteroatoms. The molecule has 0 spiro atoms. The second-order valence-electron chi connectivity index (χ2n) is 5.11. The topological polar surface area (TPSA) is 64.1 Å². The minimum absolute atomic E-state index is 0.206. The molecular weight excluding hydrogens is 377 g/mol. The van der Waals surface area contributed by atoms with Crippen molar-refractivity contribution in [2.75, 3.05) is 12.4 Å². The Balaban J connectivity index is 2.20. The van der Waals surface area contributed by atoms with Crippen LogP contribution in [-0.2, 0) is 4.74 Å². The Bertz CT molecular complexity index is 947. The van der Waals surface area contributed by atoms with Gasteiger partial charge in [-0.05, 0) is 37.3 Å². The van der Waals surface area contributed by atoms with Crippen LogP contribution in [0.25, 0.3) is 11.0 Å². The summed E-state index contributed by atoms with van der Waals surface area (Å²) in [5, 5.41) is 3.57. The molecule has 0 aliphatic carbocycles. The van der Waals surface area contributed by atoms with E-state index in [1.54, 1.807) is 24.3 Å². The van der Waals surface area contributed by atoms with Crippen molar-refractivity contribution in [1.29, 1.82) is 0 Å². The predicted octanol–water partition coefficient (Wildman–Crippen LogP) is 4.37. The number of methoxy groups -OCH3 is 1. The number of ether oxygens (including phenoxy) is 1. The molecule has 0 fully saturated rings. The summed E-state index contributed by atoms with van der Waals surface area (Å²) < 4.78 is 19.6. The Hall–Kier alpha value is -2.54. The maximum Gasteiger partial charge on any atom is 0.341 e. The van der Waals surface area contributed by atoms with Crippen LogP contribution in [0, 0.1) is 12.7 Å². The fourth-order valence-electron chi connectivity index (χ4n) is 2.30. The van der Waals surface area contributed by atoms with E-state index in [1.165, 1.54) is 19.4 Å². The van der Waals surface area contributed by atoms with Crippen LogP contribution in [0.5, 0.6) is 0 Å². The summed E-state index contributed by atoms with van der Waals surface area (Å²) >= 11 is 3.22. The van der Waals surface area contributed by atoms with Crippen molar-refractivity contribution in [2.24, 2.45) is 0 Å². The minimum Gasteiger partial charge on any atom is -0.465 e. The van der Waals surface area contributed by atoms with Crippen molar-refractivity contribution in [1.82, 2.24) is 9.97 Å². The summed E-state index contributed by atoms with van der Waals surface area (Å²) in [6, 6.07) is 8.21. The zero-order valence-electron chi connectivity index (χ0n) is 12.9. The molecule has 1 N–H and O–H groups in total. The van der Waals surface area contributed by atoms with Gasteiger partial charge >= 0.3 is 5.97 Å². The first-order valence-electron chi connectivity index (χ1n) is 7.06. The van der Waals surface area contributed by atoms with Gasteiger partial charge in [0.15, 0.2) is 5.65 Å². The lowest BCUT2D eigenvalue weighted by Gasteiger charge is -2.14. The molecule has 24 heavy (non-hydrogen) atoms. The lowest BCUT2D eigenvalue weighted by Crippen LogP contribution is -2.08. The number of nitrogens with zero attached hydrogens (tertiary/aromatic N) is 2. The number of hydrogen-bond donors (Lipinski definition) is 1. The van der Waals surface area contributed by atoms with Gasteiger partial charge in [0, 0.05) is 21.7 Å². The molecule has 0 amide bonds. The van der Waals surface area contributed by atoms with Gasteiger partial charge in [0.05, 0.1) is 18.5 Å². The first-order chi connectivity index (χ1) is 11.5. The molecule has 1 aromatic carbocycles. The monoisotopic (exact) mass is 389 g/mol. The number of carbonyl (C=O) groups is 1. The molecule has 0 saturated heterocycles. The standard InChI is InChI=1S/C17H13BrFN3O2/c1-9-3-5-11-15(22-14-6-4-10(18)7-13(14)19)12(17(23)24-2)8-20-16(11)21-9/h3-8H,1-2H3,(H,20,21,22). The smallest absolute Gasteiger partial charge is 0.341 e. The van der Waals surface area contributed by atoms with Gasteiger partial charge in [-0.3, -0.25) is 0 Å². The number of nitrogens with one attached hydrogen (secondary N) is 1. The molecule has 122 valence electrons. The number of aryl methyl sites for hydroxylation is 1. The molecule has 0 unspecified atom stereocenters. The average molecular weight is 390 g/mol. The van der Waals surface area contributed by atoms with E-state index in [4.69, 9.17) is 4.74 Å². The fourth-order valence-corrected chi connectivity index (χ4v) is 2.63. The number of fused-ring (bicyclic) bond motifs is 1. The minimum atomic E-state index is -0.565. The normalized spacial score (nSPS) is 10.7. The summed E-state index contributed by atoms with van der Waals surface area (Å²) in [5.74, 6) is -1.02. The second kappa shape index (κ2) is 6.52. The highest BCUT2D eigenvalue weighted by atomic mass is 79.9. The van der Waals surface area contributed by atoms with Crippen LogP contribution in [-0.4, -0.2) is 23.0 Å². The molecular formula is C17H13BrFN3O2. The Morgan fingerprint density at radius 2 is 2.08 bits per heavy atom. The third-order valence-corrected chi connectivity index (χ3v) is 3.96. The number of aromatic nitrogens is 2. The Morgan fingerprint density at radius 3 is 2.79 bits per heavy atom. The number of anilines is 2. The SMILES string of the molecule is COC(=O)c1cnc2nc(C)ccc2c1Nc1ccc(Br)cc1F. The van der Waals surface area contributed by atoms with Crippen LogP contribution in [0.3, 0.4) is 0 Å². The van der Waals surface area contributed by atoms with Crippen molar-refractivity contribution in [3.63, 3.8) is 0 Å². The van der Waals surface area contributed by atoms with E-state index in [-0.39, 0.29) is 11.3 Å². The molecule has 0 aliphatic rings. The first-order valence-corrected chi connectivity index (χ1v) is 7.85. The van der Waals surface area contributed by atoms with Crippen LogP contribution in [0.4, 0.5) is 15.8 Å². The molecule has 3 rings (SSSR count). The van der Waals surface area contributed by atoms with Gasteiger partial charge in [-0.2, -0.15) is 0 Å². The van der Waals surface area contributed by atoms with Gasteiger partial charge in [-0.1, -0.05) is 15.9 Å². The molecule has 0 atom stereocenters. The zero-order valence-corrected chi connectivity index (χ0v) is 14.5. The molecule has 3 aromatic rings. The van der Waals surface area contributed by atoms with E-state index in [2.05, 4.69) is 31.2 Å². The molecule has 2 aromatic heterocycles. The van der Waals surface area contributed by atoms with E-state index >= 15 is 0 Å². The van der Waals surface area contributed by atoms with Crippen molar-refractivity contribution < 1.29 is 13.9 Å². The largest absolute Gasteiger partial charge is 0.465 e. The van der Waals surface area contributed by atoms with Gasteiger partial charge in [0.2, 0.25) is 0 Å². The molecule has 0 radical (unpaired) electrons. The van der Waals surface area contributed by atoms with Crippen LogP contribution in [0.15, 0.2) is 41.0 Å². The highest BCUT2D eigenvalue weighted by molar-refractivity contribution is 9.10. The Morgan fingerprint density at radius 1 is 1.29 bits per heavy atom. The van der Waals surface area contributed by atoms with E-state index in [0.717, 1.165) is 5.69 Å². The fraction of sp³-hybridized carbons (Fsp3) is 0.118. The Labute approximate surface area is 146 Å². The quantitative estimate of drug-likeness (QED) is 0.673. The van der Waals surface area contributed by atoms with E-state index in [9.17, 15) is 9.18 Å². The lowest BCUT2D eigenvalue weighted by molar-refractivity contribution is 0.0601. The number of hydrogen-bond acceptors (Lipinski definition) is 5. The number of benzene rings is 1. The maximum absolute atomic E-state index is 14.2. The van der Waals surface area contributed by atoms with Gasteiger partial charge < -0.3 is 10.1 Å². The Kier molecular flexibility index (Phi) is 4.44. The molecule has 0 aliphatic heterocycles. The molecule has 0 bridgehead atoms. The van der Waals surface area contributed by atoms with Gasteiger partial charge in [-0.25, -0.2) is 19.2 Å². The van der Waals surface area contributed by atoms with E-state index < -0.39 is 11.8 Å². The van der Waals surface area contributed by atoms with Crippen LogP contribution in [0.1, 0.15) is 16.1 Å². The highest BCUT2D eigenvalue weighted by Gasteiger charge is 2.18. The number of carbonyl (C=O) groups excluding carboxylic acids is 1. The number of rotatable bonds is 3. The first kappa shape index (κ1) is 16.3. The number of pyridine rings is 2. The highest BCUT2D eigenvalue weighted by Crippen LogP contribution is 2.31. The van der Waals surface area contributed by atoms with Crippen LogP contribution in [0.2, 0.25) is 0 Å². The average Bonchev–Trinajstić information content (AvgIpc) is 2.56. The van der Waals surface area contributed by atoms with E-state index in [1.807, 2.05) is 6.92 Å². The van der Waals surface area contributed by atoms with Crippen molar-refractivity contribution in [3.8, 4) is 0 Å². The van der Waals surface area contributed by atoms with E-state index in [0.29, 0.717) is 21.2 Å². The molecule has 0 saturated carbocycles. The third kappa shape index (κ3) is 3.07. The third-order valence-electron chi connectivity index (χ3n) is 3.47. The van der Waals surface area contributed by atoms with Gasteiger partial charge in [0.25, 0.3) is 0 Å². The van der Waals surface area contributed by atoms with Crippen molar-refractivity contribution in [2.45, 2.75) is 6.92 Å². The summed E-state index contributed by atoms with van der Waals surface area (Å²) in [6.45, 7) is 1.84. The predicted molar refractivity (Wildman–Crippen MR) is 93.0 cm³/mol. The zero-order chi connectivity index (χ0) is 17.3. The van der Waals surface area contributed by atoms with Crippen LogP contribution < -0.4 is 5.32 Å². The van der Waals surface area contributed by atoms with Gasteiger partial charge in [-0.15, -0.1) is 0 Å². The van der Waals surface area contributed by atoms with Crippen molar-refractivity contribution >= 4 is 44.3 Å².